The molecule has 0 radical (unpaired) electrons. The first-order valence-electron chi connectivity index (χ1n) is 12.0. The van der Waals surface area contributed by atoms with Gasteiger partial charge in [0.05, 0.1) is 5.92 Å². The van der Waals surface area contributed by atoms with Crippen molar-refractivity contribution in [2.24, 2.45) is 11.1 Å². The van der Waals surface area contributed by atoms with Crippen molar-refractivity contribution in [1.82, 2.24) is 10.2 Å². The molecule has 3 aliphatic rings. The van der Waals surface area contributed by atoms with Gasteiger partial charge in [0.25, 0.3) is 5.91 Å². The summed E-state index contributed by atoms with van der Waals surface area (Å²) in [5, 5.41) is 16.2. The van der Waals surface area contributed by atoms with Gasteiger partial charge < -0.3 is 20.0 Å². The minimum absolute atomic E-state index is 0.00505. The van der Waals surface area contributed by atoms with Crippen LogP contribution in [0.2, 0.25) is 0 Å². The van der Waals surface area contributed by atoms with Crippen LogP contribution in [-0.4, -0.2) is 69.9 Å². The van der Waals surface area contributed by atoms with E-state index in [0.29, 0.717) is 11.3 Å². The molecule has 2 aromatic rings. The SMILES string of the molecule is CC(=O)OCC1=C(C(=O)O)N2C(=O)[C@@H](NC(=O)[C@@H](C)CON=C3c4ccccc4-c4ccccc43)C2SC1. The van der Waals surface area contributed by atoms with E-state index in [1.54, 1.807) is 6.92 Å². The normalized spacial score (nSPS) is 20.0. The molecule has 10 nitrogen and oxygen atoms in total. The van der Waals surface area contributed by atoms with Gasteiger partial charge in [-0.25, -0.2) is 4.79 Å². The number of fused-ring (bicyclic) bond motifs is 4. The molecule has 0 spiro atoms. The Morgan fingerprint density at radius 3 is 2.29 bits per heavy atom. The number of hydrogen-bond acceptors (Lipinski definition) is 8. The van der Waals surface area contributed by atoms with Crippen LogP contribution in [0, 0.1) is 5.92 Å². The number of carboxylic acids is 1. The fourth-order valence-corrected chi connectivity index (χ4v) is 5.99. The van der Waals surface area contributed by atoms with Gasteiger partial charge in [-0.2, -0.15) is 0 Å². The van der Waals surface area contributed by atoms with Gasteiger partial charge in [0.1, 0.15) is 36.0 Å². The number of β-lactam (4-membered cyclic amide) rings is 1. The van der Waals surface area contributed by atoms with E-state index in [-0.39, 0.29) is 24.7 Å². The molecule has 2 heterocycles. The van der Waals surface area contributed by atoms with Crippen molar-refractivity contribution < 1.29 is 33.9 Å². The van der Waals surface area contributed by atoms with E-state index in [4.69, 9.17) is 9.57 Å². The molecule has 0 saturated carbocycles. The summed E-state index contributed by atoms with van der Waals surface area (Å²) in [6, 6.07) is 14.9. The summed E-state index contributed by atoms with van der Waals surface area (Å²) in [6.45, 7) is 2.68. The predicted octanol–water partition coefficient (Wildman–Crippen LogP) is 2.37. The number of oxime groups is 1. The number of carbonyl (C=O) groups is 4. The van der Waals surface area contributed by atoms with E-state index in [0.717, 1.165) is 27.2 Å². The highest BCUT2D eigenvalue weighted by atomic mass is 32.2. The van der Waals surface area contributed by atoms with Crippen molar-refractivity contribution in [2.45, 2.75) is 25.3 Å². The number of carboxylic acid groups (broad SMARTS) is 1. The minimum Gasteiger partial charge on any atom is -0.477 e. The quantitative estimate of drug-likeness (QED) is 0.255. The zero-order valence-corrected chi connectivity index (χ0v) is 21.5. The van der Waals surface area contributed by atoms with Crippen molar-refractivity contribution in [3.8, 4) is 11.1 Å². The van der Waals surface area contributed by atoms with Gasteiger partial charge in [-0.05, 0) is 11.1 Å². The molecule has 0 aromatic heterocycles. The number of rotatable bonds is 8. The molecule has 3 atom stereocenters. The second kappa shape index (κ2) is 10.3. The third kappa shape index (κ3) is 4.53. The molecule has 11 heteroatoms. The van der Waals surface area contributed by atoms with Gasteiger partial charge >= 0.3 is 11.9 Å². The largest absolute Gasteiger partial charge is 0.477 e. The summed E-state index contributed by atoms with van der Waals surface area (Å²) < 4.78 is 4.94. The fraction of sp³-hybridized carbons (Fsp3) is 0.296. The number of carbonyl (C=O) groups excluding carboxylic acids is 3. The molecule has 2 N–H and O–H groups in total. The van der Waals surface area contributed by atoms with Crippen LogP contribution in [0.3, 0.4) is 0 Å². The Labute approximate surface area is 222 Å². The first-order valence-corrected chi connectivity index (χ1v) is 13.1. The molecule has 2 amide bonds. The van der Waals surface area contributed by atoms with Gasteiger partial charge in [-0.3, -0.25) is 19.3 Å². The molecule has 0 bridgehead atoms. The first-order chi connectivity index (χ1) is 18.3. The third-order valence-corrected chi connectivity index (χ3v) is 7.92. The zero-order chi connectivity index (χ0) is 27.0. The lowest BCUT2D eigenvalue weighted by Gasteiger charge is -2.49. The number of nitrogens with zero attached hydrogens (tertiary/aromatic N) is 2. The maximum absolute atomic E-state index is 12.8. The van der Waals surface area contributed by atoms with Gasteiger partial charge in [-0.15, -0.1) is 11.8 Å². The minimum atomic E-state index is -1.29. The van der Waals surface area contributed by atoms with Crippen molar-refractivity contribution in [3.63, 3.8) is 0 Å². The maximum Gasteiger partial charge on any atom is 0.352 e. The van der Waals surface area contributed by atoms with E-state index >= 15 is 0 Å². The number of benzene rings is 2. The van der Waals surface area contributed by atoms with Gasteiger partial charge in [0, 0.05) is 29.4 Å². The molecule has 5 rings (SSSR count). The van der Waals surface area contributed by atoms with Crippen LogP contribution in [0.15, 0.2) is 65.0 Å². The van der Waals surface area contributed by atoms with E-state index in [9.17, 15) is 24.3 Å². The number of amides is 2. The topological polar surface area (TPSA) is 135 Å². The number of hydrogen-bond donors (Lipinski definition) is 2. The maximum atomic E-state index is 12.8. The lowest BCUT2D eigenvalue weighted by atomic mass is 10.0. The number of ether oxygens (including phenoxy) is 1. The van der Waals surface area contributed by atoms with Crippen molar-refractivity contribution >= 4 is 41.2 Å². The number of thioether (sulfide) groups is 1. The summed E-state index contributed by atoms with van der Waals surface area (Å²) in [4.78, 5) is 55.4. The van der Waals surface area contributed by atoms with Crippen LogP contribution in [-0.2, 0) is 28.8 Å². The van der Waals surface area contributed by atoms with Crippen LogP contribution < -0.4 is 5.32 Å². The smallest absolute Gasteiger partial charge is 0.352 e. The first kappa shape index (κ1) is 25.5. The second-order valence-electron chi connectivity index (χ2n) is 9.16. The number of esters is 1. The average Bonchev–Trinajstić information content (AvgIpc) is 3.23. The summed E-state index contributed by atoms with van der Waals surface area (Å²) in [6.07, 6.45) is 0. The Morgan fingerprint density at radius 2 is 1.71 bits per heavy atom. The van der Waals surface area contributed by atoms with Crippen LogP contribution in [0.25, 0.3) is 11.1 Å². The zero-order valence-electron chi connectivity index (χ0n) is 20.7. The number of nitrogens with one attached hydrogen (secondary N) is 1. The summed E-state index contributed by atoms with van der Waals surface area (Å²) in [5.41, 5.74) is 4.88. The third-order valence-electron chi connectivity index (χ3n) is 6.58. The number of aliphatic carboxylic acids is 1. The Morgan fingerprint density at radius 1 is 1.11 bits per heavy atom. The molecule has 1 fully saturated rings. The summed E-state index contributed by atoms with van der Waals surface area (Å²) in [7, 11) is 0. The second-order valence-corrected chi connectivity index (χ2v) is 10.3. The Kier molecular flexibility index (Phi) is 6.94. The molecular weight excluding hydrogens is 510 g/mol. The fourth-order valence-electron chi connectivity index (χ4n) is 4.66. The molecule has 1 saturated heterocycles. The van der Waals surface area contributed by atoms with Gasteiger partial charge in [-0.1, -0.05) is 60.6 Å². The van der Waals surface area contributed by atoms with Gasteiger partial charge in [0.15, 0.2) is 0 Å². The highest BCUT2D eigenvalue weighted by Crippen LogP contribution is 2.40. The van der Waals surface area contributed by atoms with Crippen molar-refractivity contribution in [2.75, 3.05) is 19.0 Å². The Bertz CT molecular complexity index is 1360. The molecule has 1 aliphatic carbocycles. The van der Waals surface area contributed by atoms with Crippen LogP contribution in [0.5, 0.6) is 0 Å². The molecule has 2 aromatic carbocycles. The molecular formula is C27H25N3O7S. The monoisotopic (exact) mass is 535 g/mol. The predicted molar refractivity (Wildman–Crippen MR) is 139 cm³/mol. The molecule has 38 heavy (non-hydrogen) atoms. The Balaban J connectivity index is 1.21. The van der Waals surface area contributed by atoms with Gasteiger partial charge in [0.2, 0.25) is 5.91 Å². The summed E-state index contributed by atoms with van der Waals surface area (Å²) in [5.74, 6) is -3.11. The van der Waals surface area contributed by atoms with Crippen LogP contribution in [0.1, 0.15) is 25.0 Å². The average molecular weight is 536 g/mol. The van der Waals surface area contributed by atoms with Crippen LogP contribution >= 0.6 is 11.8 Å². The summed E-state index contributed by atoms with van der Waals surface area (Å²) >= 11 is 1.31. The van der Waals surface area contributed by atoms with Crippen molar-refractivity contribution in [1.29, 1.82) is 0 Å². The molecule has 2 aliphatic heterocycles. The molecule has 1 unspecified atom stereocenters. The van der Waals surface area contributed by atoms with E-state index in [1.165, 1.54) is 18.7 Å². The lowest BCUT2D eigenvalue weighted by molar-refractivity contribution is -0.151. The van der Waals surface area contributed by atoms with Crippen molar-refractivity contribution in [3.05, 3.63) is 70.9 Å². The van der Waals surface area contributed by atoms with E-state index in [1.807, 2.05) is 48.5 Å². The Hall–Kier alpha value is -4.12. The highest BCUT2D eigenvalue weighted by molar-refractivity contribution is 8.00. The highest BCUT2D eigenvalue weighted by Gasteiger charge is 2.54. The standard InChI is InChI=1S/C27H25N3O7S/c1-14(11-37-29-21-19-9-5-3-7-17(19)18-8-4-6-10-20(18)21)24(32)28-22-25(33)30-23(27(34)35)16(12-36-15(2)31)13-38-26(22)30/h3-10,14,22,26H,11-13H2,1-2H3,(H,28,32)(H,34,35)/t14-,22+,26?/m0/s1. The van der Waals surface area contributed by atoms with E-state index < -0.39 is 41.1 Å². The molecule has 196 valence electrons. The van der Waals surface area contributed by atoms with E-state index in [2.05, 4.69) is 10.5 Å². The van der Waals surface area contributed by atoms with Crippen LogP contribution in [0.4, 0.5) is 0 Å². The lowest BCUT2D eigenvalue weighted by Crippen LogP contribution is -2.71.